The zero-order valence-electron chi connectivity index (χ0n) is 17.3. The second kappa shape index (κ2) is 11.6. The molecule has 4 aromatic rings. The summed E-state index contributed by atoms with van der Waals surface area (Å²) in [6.45, 7) is 0.391. The molecule has 0 aliphatic rings. The van der Waals surface area contributed by atoms with Crippen molar-refractivity contribution in [3.63, 3.8) is 0 Å². The van der Waals surface area contributed by atoms with Gasteiger partial charge in [0, 0.05) is 16.1 Å². The number of amides is 1. The molecule has 1 amide bonds. The highest BCUT2D eigenvalue weighted by Gasteiger charge is 2.09. The molecular formula is C24H19ClN4O2S2. The summed E-state index contributed by atoms with van der Waals surface area (Å²) in [6, 6.07) is 24.8. The van der Waals surface area contributed by atoms with Crippen molar-refractivity contribution in [1.82, 2.24) is 15.6 Å². The predicted molar refractivity (Wildman–Crippen MR) is 134 cm³/mol. The molecule has 0 atom stereocenters. The van der Waals surface area contributed by atoms with E-state index in [-0.39, 0.29) is 11.7 Å². The average molecular weight is 495 g/mol. The second-order valence-corrected chi connectivity index (χ2v) is 9.38. The van der Waals surface area contributed by atoms with Crippen molar-refractivity contribution in [3.05, 3.63) is 95.0 Å². The van der Waals surface area contributed by atoms with Crippen molar-refractivity contribution < 1.29 is 9.53 Å². The first-order valence-corrected chi connectivity index (χ1v) is 12.2. The Morgan fingerprint density at radius 3 is 2.58 bits per heavy atom. The molecule has 166 valence electrons. The number of nitrogens with zero attached hydrogens (tertiary/aromatic N) is 3. The van der Waals surface area contributed by atoms with Gasteiger partial charge in [0.1, 0.15) is 17.4 Å². The first-order valence-electron chi connectivity index (χ1n) is 9.97. The molecule has 6 nitrogen and oxygen atoms in total. The van der Waals surface area contributed by atoms with Crippen molar-refractivity contribution >= 4 is 46.8 Å². The average Bonchev–Trinajstić information content (AvgIpc) is 3.33. The third kappa shape index (κ3) is 6.89. The fourth-order valence-electron chi connectivity index (χ4n) is 2.73. The van der Waals surface area contributed by atoms with E-state index in [1.807, 2.05) is 78.9 Å². The van der Waals surface area contributed by atoms with Crippen molar-refractivity contribution in [1.29, 1.82) is 0 Å². The van der Waals surface area contributed by atoms with Gasteiger partial charge < -0.3 is 4.74 Å². The molecule has 1 heterocycles. The molecule has 0 bridgehead atoms. The lowest BCUT2D eigenvalue weighted by atomic mass is 10.2. The summed E-state index contributed by atoms with van der Waals surface area (Å²) in [5.74, 6) is 0.710. The number of carbonyl (C=O) groups is 1. The first-order chi connectivity index (χ1) is 16.2. The maximum Gasteiger partial charge on any atom is 0.250 e. The SMILES string of the molecule is O=C(CSc1nnc(-c2ccccc2)s1)NN=Cc1ccc(OCc2ccccc2Cl)cc1. The lowest BCUT2D eigenvalue weighted by molar-refractivity contribution is -0.118. The van der Waals surface area contributed by atoms with Gasteiger partial charge in [-0.2, -0.15) is 5.10 Å². The molecule has 0 unspecified atom stereocenters. The van der Waals surface area contributed by atoms with E-state index in [1.54, 1.807) is 6.21 Å². The highest BCUT2D eigenvalue weighted by Crippen LogP contribution is 2.28. The number of nitrogens with one attached hydrogen (secondary N) is 1. The monoisotopic (exact) mass is 494 g/mol. The summed E-state index contributed by atoms with van der Waals surface area (Å²) >= 11 is 8.93. The van der Waals surface area contributed by atoms with Crippen LogP contribution in [0.1, 0.15) is 11.1 Å². The van der Waals surface area contributed by atoms with Gasteiger partial charge in [-0.25, -0.2) is 5.43 Å². The number of carbonyl (C=O) groups excluding carboxylic acids is 1. The molecule has 1 N–H and O–H groups in total. The van der Waals surface area contributed by atoms with Crippen molar-refractivity contribution in [3.8, 4) is 16.3 Å². The normalized spacial score (nSPS) is 10.9. The number of hydrogen-bond acceptors (Lipinski definition) is 7. The van der Waals surface area contributed by atoms with Gasteiger partial charge in [-0.1, -0.05) is 83.2 Å². The van der Waals surface area contributed by atoms with E-state index in [1.165, 1.54) is 23.1 Å². The van der Waals surface area contributed by atoms with E-state index in [2.05, 4.69) is 20.7 Å². The number of thioether (sulfide) groups is 1. The molecular weight excluding hydrogens is 476 g/mol. The van der Waals surface area contributed by atoms with Crippen molar-refractivity contribution in [2.45, 2.75) is 10.9 Å². The Hall–Kier alpha value is -3.20. The zero-order valence-corrected chi connectivity index (χ0v) is 19.7. The van der Waals surface area contributed by atoms with E-state index in [0.29, 0.717) is 11.6 Å². The standard InChI is InChI=1S/C24H19ClN4O2S2/c25-21-9-5-4-8-19(21)15-31-20-12-10-17(11-13-20)14-26-27-22(30)16-32-24-29-28-23(33-24)18-6-2-1-3-7-18/h1-14H,15-16H2,(H,27,30). The zero-order chi connectivity index (χ0) is 22.9. The van der Waals surface area contributed by atoms with E-state index in [0.717, 1.165) is 31.8 Å². The summed E-state index contributed by atoms with van der Waals surface area (Å²) in [6.07, 6.45) is 1.58. The predicted octanol–water partition coefficient (Wildman–Crippen LogP) is 5.68. The van der Waals surface area contributed by atoms with Crippen LogP contribution in [0.2, 0.25) is 5.02 Å². The lowest BCUT2D eigenvalue weighted by Gasteiger charge is -2.07. The van der Waals surface area contributed by atoms with Crippen LogP contribution in [0.5, 0.6) is 5.75 Å². The highest BCUT2D eigenvalue weighted by atomic mass is 35.5. The van der Waals surface area contributed by atoms with Gasteiger partial charge in [0.05, 0.1) is 12.0 Å². The minimum Gasteiger partial charge on any atom is -0.489 e. The number of aromatic nitrogens is 2. The Morgan fingerprint density at radius 1 is 1.03 bits per heavy atom. The summed E-state index contributed by atoms with van der Waals surface area (Å²) in [7, 11) is 0. The topological polar surface area (TPSA) is 76.5 Å². The summed E-state index contributed by atoms with van der Waals surface area (Å²) in [5, 5.41) is 13.8. The maximum atomic E-state index is 12.1. The number of ether oxygens (including phenoxy) is 1. The smallest absolute Gasteiger partial charge is 0.250 e. The summed E-state index contributed by atoms with van der Waals surface area (Å²) in [5.41, 5.74) is 5.30. The van der Waals surface area contributed by atoms with E-state index >= 15 is 0 Å². The molecule has 4 rings (SSSR count). The van der Waals surface area contributed by atoms with Gasteiger partial charge in [-0.3, -0.25) is 4.79 Å². The van der Waals surface area contributed by atoms with Crippen LogP contribution in [0.15, 0.2) is 88.3 Å². The maximum absolute atomic E-state index is 12.1. The van der Waals surface area contributed by atoms with Gasteiger partial charge >= 0.3 is 0 Å². The number of rotatable bonds is 9. The van der Waals surface area contributed by atoms with E-state index < -0.39 is 0 Å². The first kappa shape index (κ1) is 23.0. The van der Waals surface area contributed by atoms with Crippen LogP contribution in [-0.2, 0) is 11.4 Å². The Balaban J connectivity index is 1.21. The van der Waals surface area contributed by atoms with Crippen LogP contribution in [0, 0.1) is 0 Å². The van der Waals surface area contributed by atoms with Crippen molar-refractivity contribution in [2.75, 3.05) is 5.75 Å². The van der Waals surface area contributed by atoms with Gasteiger partial charge in [0.25, 0.3) is 5.91 Å². The minimum absolute atomic E-state index is 0.204. The van der Waals surface area contributed by atoms with Gasteiger partial charge in [0.15, 0.2) is 4.34 Å². The molecule has 0 saturated heterocycles. The van der Waals surface area contributed by atoms with Crippen LogP contribution in [0.25, 0.3) is 10.6 Å². The third-order valence-corrected chi connectivity index (χ3v) is 6.86. The molecule has 1 aromatic heterocycles. The molecule has 0 aliphatic carbocycles. The highest BCUT2D eigenvalue weighted by molar-refractivity contribution is 8.01. The largest absolute Gasteiger partial charge is 0.489 e. The fourth-order valence-corrected chi connectivity index (χ4v) is 4.57. The van der Waals surface area contributed by atoms with Crippen LogP contribution in [0.3, 0.4) is 0 Å². The molecule has 0 spiro atoms. The van der Waals surface area contributed by atoms with E-state index in [4.69, 9.17) is 16.3 Å². The Morgan fingerprint density at radius 2 is 1.79 bits per heavy atom. The molecule has 0 fully saturated rings. The second-order valence-electron chi connectivity index (χ2n) is 6.77. The molecule has 9 heteroatoms. The number of hydrogen-bond donors (Lipinski definition) is 1. The Bertz CT molecular complexity index is 1230. The molecule has 33 heavy (non-hydrogen) atoms. The van der Waals surface area contributed by atoms with Crippen LogP contribution < -0.4 is 10.2 Å². The summed E-state index contributed by atoms with van der Waals surface area (Å²) < 4.78 is 6.50. The number of hydrazone groups is 1. The van der Waals surface area contributed by atoms with Crippen LogP contribution in [0.4, 0.5) is 0 Å². The lowest BCUT2D eigenvalue weighted by Crippen LogP contribution is -2.19. The number of halogens is 1. The quantitative estimate of drug-likeness (QED) is 0.184. The van der Waals surface area contributed by atoms with Crippen LogP contribution in [-0.4, -0.2) is 28.1 Å². The molecule has 3 aromatic carbocycles. The van der Waals surface area contributed by atoms with Gasteiger partial charge in [-0.05, 0) is 35.9 Å². The summed E-state index contributed by atoms with van der Waals surface area (Å²) in [4.78, 5) is 12.1. The molecule has 0 radical (unpaired) electrons. The fraction of sp³-hybridized carbons (Fsp3) is 0.0833. The Labute approximate surface area is 204 Å². The van der Waals surface area contributed by atoms with Crippen molar-refractivity contribution in [2.24, 2.45) is 5.10 Å². The van der Waals surface area contributed by atoms with E-state index in [9.17, 15) is 4.79 Å². The van der Waals surface area contributed by atoms with Gasteiger partial charge in [0.2, 0.25) is 0 Å². The minimum atomic E-state index is -0.215. The number of benzene rings is 3. The molecule has 0 aliphatic heterocycles. The van der Waals surface area contributed by atoms with Gasteiger partial charge in [-0.15, -0.1) is 10.2 Å². The third-order valence-electron chi connectivity index (χ3n) is 4.39. The van der Waals surface area contributed by atoms with Crippen LogP contribution >= 0.6 is 34.7 Å². The Kier molecular flexibility index (Phi) is 8.08. The molecule has 0 saturated carbocycles.